The molecule has 0 radical (unpaired) electrons. The number of aryl methyl sites for hydroxylation is 1. The summed E-state index contributed by atoms with van der Waals surface area (Å²) in [5.41, 5.74) is 0.761. The lowest BCUT2D eigenvalue weighted by molar-refractivity contribution is 0.0524. The van der Waals surface area contributed by atoms with Gasteiger partial charge in [-0.3, -0.25) is 4.79 Å². The third kappa shape index (κ3) is 3.86. The number of rotatable bonds is 5. The van der Waals surface area contributed by atoms with Crippen LogP contribution in [0.4, 0.5) is 0 Å². The summed E-state index contributed by atoms with van der Waals surface area (Å²) < 4.78 is 15.8. The van der Waals surface area contributed by atoms with E-state index in [9.17, 15) is 9.59 Å². The van der Waals surface area contributed by atoms with Crippen LogP contribution in [0.5, 0.6) is 11.5 Å². The van der Waals surface area contributed by atoms with Crippen LogP contribution in [0.1, 0.15) is 23.2 Å². The second-order valence-corrected chi connectivity index (χ2v) is 6.25. The van der Waals surface area contributed by atoms with E-state index in [1.807, 2.05) is 12.1 Å². The highest BCUT2D eigenvalue weighted by Gasteiger charge is 2.13. The van der Waals surface area contributed by atoms with E-state index in [1.54, 1.807) is 44.2 Å². The van der Waals surface area contributed by atoms with Crippen molar-refractivity contribution < 1.29 is 18.8 Å². The number of nitrogens with one attached hydrogen (secondary N) is 1. The molecule has 0 aliphatic heterocycles. The average Bonchev–Trinajstić information content (AvgIpc) is 3.14. The molecule has 0 saturated carbocycles. The minimum atomic E-state index is -0.649. The van der Waals surface area contributed by atoms with E-state index in [0.29, 0.717) is 34.1 Å². The summed E-state index contributed by atoms with van der Waals surface area (Å²) in [5, 5.41) is 4.59. The molecule has 2 heterocycles. The number of esters is 1. The molecule has 29 heavy (non-hydrogen) atoms. The van der Waals surface area contributed by atoms with Gasteiger partial charge in [0.15, 0.2) is 0 Å². The third-order valence-corrected chi connectivity index (χ3v) is 4.17. The smallest absolute Gasteiger partial charge is 0.343 e. The lowest BCUT2D eigenvalue weighted by Crippen LogP contribution is -2.19. The van der Waals surface area contributed by atoms with E-state index in [-0.39, 0.29) is 12.2 Å². The topological polar surface area (TPSA) is 107 Å². The zero-order valence-electron chi connectivity index (χ0n) is 15.8. The van der Waals surface area contributed by atoms with Crippen molar-refractivity contribution in [1.29, 1.82) is 0 Å². The summed E-state index contributed by atoms with van der Waals surface area (Å²) in [4.78, 5) is 31.0. The number of carbonyl (C=O) groups excluding carboxylic acids is 1. The molecule has 2 aromatic carbocycles. The van der Waals surface area contributed by atoms with Crippen LogP contribution in [-0.4, -0.2) is 27.7 Å². The second kappa shape index (κ2) is 7.59. The molecule has 0 aliphatic carbocycles. The number of hydrogen-bond acceptors (Lipinski definition) is 7. The van der Waals surface area contributed by atoms with Crippen molar-refractivity contribution in [3.63, 3.8) is 0 Å². The van der Waals surface area contributed by atoms with E-state index in [2.05, 4.69) is 15.1 Å². The summed E-state index contributed by atoms with van der Waals surface area (Å²) in [5.74, 6) is 1.41. The van der Waals surface area contributed by atoms with E-state index < -0.39 is 11.5 Å². The minimum Gasteiger partial charge on any atom is -0.462 e. The van der Waals surface area contributed by atoms with Crippen LogP contribution >= 0.6 is 0 Å². The average molecular weight is 391 g/mol. The SMILES string of the molecule is CCOC(=O)c1cc2ccc(Oc3cccc(-c4noc(C)n4)c3)cc2[nH]c1=O. The number of benzene rings is 2. The molecule has 0 fully saturated rings. The molecular formula is C21H17N3O5. The van der Waals surface area contributed by atoms with Gasteiger partial charge in [0, 0.05) is 18.6 Å². The molecule has 0 aliphatic rings. The molecule has 1 N–H and O–H groups in total. The molecule has 8 nitrogen and oxygen atoms in total. The Morgan fingerprint density at radius 3 is 2.72 bits per heavy atom. The van der Waals surface area contributed by atoms with E-state index in [1.165, 1.54) is 6.07 Å². The van der Waals surface area contributed by atoms with Crippen LogP contribution in [0.15, 0.2) is 57.8 Å². The molecule has 0 saturated heterocycles. The van der Waals surface area contributed by atoms with Gasteiger partial charge >= 0.3 is 5.97 Å². The minimum absolute atomic E-state index is 0.0314. The maximum atomic E-state index is 12.2. The first-order valence-corrected chi connectivity index (χ1v) is 8.96. The zero-order chi connectivity index (χ0) is 20.4. The zero-order valence-corrected chi connectivity index (χ0v) is 15.8. The molecule has 0 unspecified atom stereocenters. The Labute approximate surface area is 165 Å². The Hall–Kier alpha value is -3.94. The van der Waals surface area contributed by atoms with Crippen molar-refractivity contribution in [3.8, 4) is 22.9 Å². The van der Waals surface area contributed by atoms with E-state index in [0.717, 1.165) is 5.56 Å². The van der Waals surface area contributed by atoms with Gasteiger partial charge in [0.2, 0.25) is 11.7 Å². The highest BCUT2D eigenvalue weighted by Crippen LogP contribution is 2.28. The Kier molecular flexibility index (Phi) is 4.82. The van der Waals surface area contributed by atoms with Crippen LogP contribution in [0.3, 0.4) is 0 Å². The Morgan fingerprint density at radius 1 is 1.14 bits per heavy atom. The fourth-order valence-electron chi connectivity index (χ4n) is 2.86. The van der Waals surface area contributed by atoms with Gasteiger partial charge in [0.1, 0.15) is 17.1 Å². The standard InChI is InChI=1S/C21H17N3O5/c1-3-27-21(26)17-10-13-7-8-16(11-18(13)23-20(17)25)28-15-6-4-5-14(9-15)19-22-12(2)29-24-19/h4-11H,3H2,1-2H3,(H,23,25). The first-order chi connectivity index (χ1) is 14.0. The Morgan fingerprint density at radius 2 is 1.97 bits per heavy atom. The highest BCUT2D eigenvalue weighted by atomic mass is 16.5. The van der Waals surface area contributed by atoms with Crippen molar-refractivity contribution >= 4 is 16.9 Å². The number of carbonyl (C=O) groups is 1. The number of pyridine rings is 1. The molecule has 8 heteroatoms. The van der Waals surface area contributed by atoms with Crippen LogP contribution < -0.4 is 10.3 Å². The van der Waals surface area contributed by atoms with Crippen LogP contribution in [0.25, 0.3) is 22.3 Å². The molecule has 146 valence electrons. The lowest BCUT2D eigenvalue weighted by atomic mass is 10.1. The first-order valence-electron chi connectivity index (χ1n) is 8.96. The van der Waals surface area contributed by atoms with Gasteiger partial charge in [0.05, 0.1) is 12.1 Å². The predicted octanol–water partition coefficient (Wildman–Crippen LogP) is 3.86. The fraction of sp³-hybridized carbons (Fsp3) is 0.143. The van der Waals surface area contributed by atoms with Gasteiger partial charge in [-0.15, -0.1) is 0 Å². The van der Waals surface area contributed by atoms with Crippen LogP contribution in [-0.2, 0) is 4.74 Å². The van der Waals surface area contributed by atoms with Crippen molar-refractivity contribution in [2.75, 3.05) is 6.61 Å². The van der Waals surface area contributed by atoms with Gasteiger partial charge < -0.3 is 19.0 Å². The van der Waals surface area contributed by atoms with Crippen molar-refractivity contribution in [2.45, 2.75) is 13.8 Å². The van der Waals surface area contributed by atoms with Crippen molar-refractivity contribution in [3.05, 3.63) is 70.3 Å². The van der Waals surface area contributed by atoms with Crippen molar-refractivity contribution in [2.24, 2.45) is 0 Å². The summed E-state index contributed by atoms with van der Waals surface area (Å²) in [6, 6.07) is 14.0. The maximum Gasteiger partial charge on any atom is 0.343 e. The highest BCUT2D eigenvalue weighted by molar-refractivity contribution is 5.93. The van der Waals surface area contributed by atoms with Gasteiger partial charge in [0.25, 0.3) is 5.56 Å². The fourth-order valence-corrected chi connectivity index (χ4v) is 2.86. The summed E-state index contributed by atoms with van der Waals surface area (Å²) in [6.07, 6.45) is 0. The third-order valence-electron chi connectivity index (χ3n) is 4.17. The molecule has 4 aromatic rings. The largest absolute Gasteiger partial charge is 0.462 e. The Bertz CT molecular complexity index is 1260. The summed E-state index contributed by atoms with van der Waals surface area (Å²) in [7, 11) is 0. The summed E-state index contributed by atoms with van der Waals surface area (Å²) >= 11 is 0. The van der Waals surface area contributed by atoms with Gasteiger partial charge in [-0.1, -0.05) is 17.3 Å². The second-order valence-electron chi connectivity index (χ2n) is 6.25. The molecule has 2 aromatic heterocycles. The number of hydrogen-bond donors (Lipinski definition) is 1. The predicted molar refractivity (Wildman–Crippen MR) is 105 cm³/mol. The maximum absolute atomic E-state index is 12.2. The number of H-pyrrole nitrogens is 1. The van der Waals surface area contributed by atoms with E-state index >= 15 is 0 Å². The normalized spacial score (nSPS) is 10.8. The van der Waals surface area contributed by atoms with Gasteiger partial charge in [-0.25, -0.2) is 4.79 Å². The van der Waals surface area contributed by atoms with E-state index in [4.69, 9.17) is 14.0 Å². The number of fused-ring (bicyclic) bond motifs is 1. The van der Waals surface area contributed by atoms with Crippen LogP contribution in [0, 0.1) is 6.92 Å². The first kappa shape index (κ1) is 18.4. The number of aromatic nitrogens is 3. The number of nitrogens with zero attached hydrogens (tertiary/aromatic N) is 2. The molecule has 0 spiro atoms. The molecular weight excluding hydrogens is 374 g/mol. The quantitative estimate of drug-likeness (QED) is 0.515. The number of aromatic amines is 1. The number of ether oxygens (including phenoxy) is 2. The molecule has 4 rings (SSSR count). The lowest BCUT2D eigenvalue weighted by Gasteiger charge is -2.08. The van der Waals surface area contributed by atoms with Gasteiger partial charge in [-0.05, 0) is 42.6 Å². The van der Waals surface area contributed by atoms with Gasteiger partial charge in [-0.2, -0.15) is 4.98 Å². The Balaban J connectivity index is 1.63. The molecule has 0 amide bonds. The molecule has 0 atom stereocenters. The summed E-state index contributed by atoms with van der Waals surface area (Å²) in [6.45, 7) is 3.61. The van der Waals surface area contributed by atoms with Crippen LogP contribution in [0.2, 0.25) is 0 Å². The monoisotopic (exact) mass is 391 g/mol. The molecule has 0 bridgehead atoms. The van der Waals surface area contributed by atoms with Crippen molar-refractivity contribution in [1.82, 2.24) is 15.1 Å².